The minimum absolute atomic E-state index is 0.446. The van der Waals surface area contributed by atoms with Crippen molar-refractivity contribution in [1.29, 1.82) is 0 Å². The number of piperidine rings is 1. The van der Waals surface area contributed by atoms with E-state index in [0.717, 1.165) is 13.2 Å². The fourth-order valence-corrected chi connectivity index (χ4v) is 3.17. The molecule has 3 heteroatoms. The first kappa shape index (κ1) is 18.4. The molecule has 1 saturated heterocycles. The van der Waals surface area contributed by atoms with E-state index in [9.17, 15) is 0 Å². The van der Waals surface area contributed by atoms with Crippen LogP contribution in [0.1, 0.15) is 50.5 Å². The van der Waals surface area contributed by atoms with Gasteiger partial charge in [-0.3, -0.25) is 0 Å². The van der Waals surface area contributed by atoms with E-state index in [1.807, 2.05) is 0 Å². The monoisotopic (exact) mass is 318 g/mol. The van der Waals surface area contributed by atoms with E-state index in [0.29, 0.717) is 6.04 Å². The topological polar surface area (TPSA) is 38.5 Å². The van der Waals surface area contributed by atoms with Crippen LogP contribution in [0.4, 0.5) is 0 Å². The van der Waals surface area contributed by atoms with Crippen molar-refractivity contribution in [3.05, 3.63) is 35.9 Å². The van der Waals surface area contributed by atoms with Gasteiger partial charge in [-0.2, -0.15) is 0 Å². The Morgan fingerprint density at radius 1 is 0.913 bits per heavy atom. The van der Waals surface area contributed by atoms with Gasteiger partial charge in [0.1, 0.15) is 0 Å². The summed E-state index contributed by atoms with van der Waals surface area (Å²) in [6.45, 7) is 5.47. The van der Waals surface area contributed by atoms with Gasteiger partial charge in [-0.15, -0.1) is 0 Å². The average molecular weight is 319 g/mol. The predicted molar refractivity (Wildman–Crippen MR) is 97.7 cm³/mol. The average Bonchev–Trinajstić information content (AvgIpc) is 2.59. The van der Waals surface area contributed by atoms with Crippen LogP contribution in [0, 0.1) is 0 Å². The molecule has 1 heterocycles. The lowest BCUT2D eigenvalue weighted by molar-refractivity contribution is 0.124. The number of rotatable bonds is 11. The molecule has 2 rings (SSSR count). The van der Waals surface area contributed by atoms with E-state index in [1.165, 1.54) is 76.6 Å². The van der Waals surface area contributed by atoms with Crippen LogP contribution in [0.15, 0.2) is 30.3 Å². The molecule has 3 nitrogen and oxygen atoms in total. The molecule has 0 bridgehead atoms. The van der Waals surface area contributed by atoms with Gasteiger partial charge in [0.05, 0.1) is 0 Å². The van der Waals surface area contributed by atoms with Gasteiger partial charge in [0.25, 0.3) is 0 Å². The van der Waals surface area contributed by atoms with E-state index in [1.54, 1.807) is 0 Å². The Morgan fingerprint density at radius 2 is 1.61 bits per heavy atom. The number of benzene rings is 1. The Balaban J connectivity index is 1.33. The third kappa shape index (κ3) is 8.50. The normalized spacial score (nSPS) is 16.7. The molecule has 2 N–H and O–H groups in total. The van der Waals surface area contributed by atoms with Crippen LogP contribution < -0.4 is 5.73 Å². The van der Waals surface area contributed by atoms with E-state index >= 15 is 0 Å². The molecular formula is C20H34N2O. The summed E-state index contributed by atoms with van der Waals surface area (Å²) in [4.78, 5) is 2.56. The summed E-state index contributed by atoms with van der Waals surface area (Å²) in [7, 11) is 0. The number of nitrogens with zero attached hydrogens (tertiary/aromatic N) is 1. The van der Waals surface area contributed by atoms with Gasteiger partial charge in [-0.25, -0.2) is 0 Å². The van der Waals surface area contributed by atoms with Gasteiger partial charge in [-0.05, 0) is 76.6 Å². The minimum atomic E-state index is 0.446. The molecule has 0 spiro atoms. The van der Waals surface area contributed by atoms with Crippen LogP contribution in [0.25, 0.3) is 0 Å². The highest BCUT2D eigenvalue weighted by atomic mass is 16.5. The fourth-order valence-electron chi connectivity index (χ4n) is 3.17. The fraction of sp³-hybridized carbons (Fsp3) is 0.700. The van der Waals surface area contributed by atoms with Crippen LogP contribution in [0.5, 0.6) is 0 Å². The summed E-state index contributed by atoms with van der Waals surface area (Å²) in [5.41, 5.74) is 7.37. The molecule has 0 radical (unpaired) electrons. The van der Waals surface area contributed by atoms with Crippen molar-refractivity contribution in [3.8, 4) is 0 Å². The highest BCUT2D eigenvalue weighted by Gasteiger charge is 2.14. The maximum Gasteiger partial charge on any atom is 0.0466 e. The zero-order valence-corrected chi connectivity index (χ0v) is 14.6. The van der Waals surface area contributed by atoms with Crippen molar-refractivity contribution in [2.75, 3.05) is 32.8 Å². The van der Waals surface area contributed by atoms with Gasteiger partial charge in [-0.1, -0.05) is 30.3 Å². The first-order valence-electron chi connectivity index (χ1n) is 9.44. The summed E-state index contributed by atoms with van der Waals surface area (Å²) < 4.78 is 5.75. The second-order valence-electron chi connectivity index (χ2n) is 6.79. The zero-order valence-electron chi connectivity index (χ0n) is 14.6. The predicted octanol–water partition coefficient (Wildman–Crippen LogP) is 3.62. The number of ether oxygens (including phenoxy) is 1. The molecule has 1 aliphatic rings. The lowest BCUT2D eigenvalue weighted by atomic mass is 10.1. The lowest BCUT2D eigenvalue weighted by Crippen LogP contribution is -2.40. The second kappa shape index (κ2) is 11.6. The Hall–Kier alpha value is -0.900. The molecule has 0 aliphatic carbocycles. The zero-order chi connectivity index (χ0) is 16.2. The summed E-state index contributed by atoms with van der Waals surface area (Å²) in [6, 6.07) is 11.2. The third-order valence-electron chi connectivity index (χ3n) is 4.74. The van der Waals surface area contributed by atoms with Gasteiger partial charge in [0.2, 0.25) is 0 Å². The maximum absolute atomic E-state index is 5.93. The van der Waals surface area contributed by atoms with Gasteiger partial charge in [0, 0.05) is 19.3 Å². The highest BCUT2D eigenvalue weighted by Crippen LogP contribution is 2.10. The molecule has 1 fully saturated rings. The maximum atomic E-state index is 5.93. The SMILES string of the molecule is NC1CCN(CCCCCOCCCCc2ccccc2)CC1. The van der Waals surface area contributed by atoms with Crippen molar-refractivity contribution in [2.45, 2.75) is 57.4 Å². The van der Waals surface area contributed by atoms with E-state index < -0.39 is 0 Å². The van der Waals surface area contributed by atoms with Crippen molar-refractivity contribution in [3.63, 3.8) is 0 Å². The number of unbranched alkanes of at least 4 members (excludes halogenated alkanes) is 3. The van der Waals surface area contributed by atoms with Crippen molar-refractivity contribution >= 4 is 0 Å². The number of likely N-dealkylation sites (tertiary alicyclic amines) is 1. The van der Waals surface area contributed by atoms with Gasteiger partial charge >= 0.3 is 0 Å². The number of aryl methyl sites for hydroxylation is 1. The number of hydrogen-bond donors (Lipinski definition) is 1. The molecule has 1 aliphatic heterocycles. The molecule has 1 aromatic rings. The number of nitrogens with two attached hydrogens (primary N) is 1. The van der Waals surface area contributed by atoms with Crippen molar-refractivity contribution in [1.82, 2.24) is 4.90 Å². The van der Waals surface area contributed by atoms with Crippen LogP contribution >= 0.6 is 0 Å². The lowest BCUT2D eigenvalue weighted by Gasteiger charge is -2.29. The van der Waals surface area contributed by atoms with Crippen LogP contribution in [-0.4, -0.2) is 43.8 Å². The Bertz CT molecular complexity index is 388. The van der Waals surface area contributed by atoms with Gasteiger partial charge in [0.15, 0.2) is 0 Å². The highest BCUT2D eigenvalue weighted by molar-refractivity contribution is 5.14. The molecular weight excluding hydrogens is 284 g/mol. The molecule has 0 aromatic heterocycles. The number of hydrogen-bond acceptors (Lipinski definition) is 3. The summed E-state index contributed by atoms with van der Waals surface area (Å²) in [6.07, 6.45) is 9.69. The van der Waals surface area contributed by atoms with Crippen LogP contribution in [0.2, 0.25) is 0 Å². The van der Waals surface area contributed by atoms with E-state index in [-0.39, 0.29) is 0 Å². The summed E-state index contributed by atoms with van der Waals surface area (Å²) >= 11 is 0. The molecule has 0 atom stereocenters. The van der Waals surface area contributed by atoms with Crippen LogP contribution in [-0.2, 0) is 11.2 Å². The van der Waals surface area contributed by atoms with Gasteiger partial charge < -0.3 is 15.4 Å². The molecule has 0 amide bonds. The first-order chi connectivity index (χ1) is 11.3. The Labute approximate surface area is 142 Å². The largest absolute Gasteiger partial charge is 0.381 e. The van der Waals surface area contributed by atoms with Crippen LogP contribution in [0.3, 0.4) is 0 Å². The minimum Gasteiger partial charge on any atom is -0.381 e. The standard InChI is InChI=1S/C20H34N2O/c21-20-12-15-22(16-13-20)14-6-2-7-17-23-18-8-5-11-19-9-3-1-4-10-19/h1,3-4,9-10,20H,2,5-8,11-18,21H2. The Morgan fingerprint density at radius 3 is 2.35 bits per heavy atom. The summed E-state index contributed by atoms with van der Waals surface area (Å²) in [5, 5.41) is 0. The van der Waals surface area contributed by atoms with Crippen molar-refractivity contribution < 1.29 is 4.74 Å². The smallest absolute Gasteiger partial charge is 0.0466 e. The quantitative estimate of drug-likeness (QED) is 0.633. The van der Waals surface area contributed by atoms with E-state index in [4.69, 9.17) is 10.5 Å². The Kier molecular flexibility index (Phi) is 9.31. The molecule has 130 valence electrons. The molecule has 23 heavy (non-hydrogen) atoms. The third-order valence-corrected chi connectivity index (χ3v) is 4.74. The molecule has 0 unspecified atom stereocenters. The van der Waals surface area contributed by atoms with E-state index in [2.05, 4.69) is 35.2 Å². The second-order valence-corrected chi connectivity index (χ2v) is 6.79. The summed E-state index contributed by atoms with van der Waals surface area (Å²) in [5.74, 6) is 0. The molecule has 1 aromatic carbocycles. The molecule has 0 saturated carbocycles. The van der Waals surface area contributed by atoms with Crippen molar-refractivity contribution in [2.24, 2.45) is 5.73 Å². The first-order valence-corrected chi connectivity index (χ1v) is 9.44.